The van der Waals surface area contributed by atoms with Crippen molar-refractivity contribution >= 4 is 23.8 Å². The number of carbonyl (C=O) groups is 2. The summed E-state index contributed by atoms with van der Waals surface area (Å²) >= 11 is 1.59. The van der Waals surface area contributed by atoms with Crippen LogP contribution in [0.3, 0.4) is 0 Å². The molecule has 0 bridgehead atoms. The normalized spacial score (nSPS) is 9.35. The highest BCUT2D eigenvalue weighted by Crippen LogP contribution is 1.95. The van der Waals surface area contributed by atoms with Crippen molar-refractivity contribution in [3.63, 3.8) is 0 Å². The van der Waals surface area contributed by atoms with Gasteiger partial charge >= 0.3 is 12.0 Å². The average Bonchev–Trinajstić information content (AvgIpc) is 2.28. The van der Waals surface area contributed by atoms with Crippen LogP contribution in [0, 0.1) is 12.3 Å². The number of unbranched alkanes of at least 4 members (excludes halogenated alkanes) is 1. The molecule has 0 atom stereocenters. The van der Waals surface area contributed by atoms with Gasteiger partial charge in [-0.1, -0.05) is 5.92 Å². The second-order valence-corrected chi connectivity index (χ2v) is 4.40. The van der Waals surface area contributed by atoms with Crippen LogP contribution in [-0.4, -0.2) is 41.7 Å². The van der Waals surface area contributed by atoms with Crippen LogP contribution in [0.1, 0.15) is 19.3 Å². The molecule has 0 saturated carbocycles. The Labute approximate surface area is 106 Å². The van der Waals surface area contributed by atoms with Crippen molar-refractivity contribution in [1.82, 2.24) is 10.6 Å². The summed E-state index contributed by atoms with van der Waals surface area (Å²) in [5, 5.41) is 13.7. The number of urea groups is 1. The van der Waals surface area contributed by atoms with E-state index in [1.807, 2.05) is 0 Å². The molecular formula is C11H18N2O3S. The van der Waals surface area contributed by atoms with E-state index in [0.29, 0.717) is 31.7 Å². The predicted octanol–water partition coefficient (Wildman–Crippen LogP) is 0.907. The first kappa shape index (κ1) is 15.7. The number of carbonyl (C=O) groups excluding carboxylic acids is 1. The number of hydrogen-bond acceptors (Lipinski definition) is 3. The fourth-order valence-corrected chi connectivity index (χ4v) is 1.54. The Morgan fingerprint density at radius 3 is 2.59 bits per heavy atom. The van der Waals surface area contributed by atoms with Gasteiger partial charge in [-0.25, -0.2) is 4.79 Å². The van der Waals surface area contributed by atoms with Crippen LogP contribution in [0.2, 0.25) is 0 Å². The third-order valence-corrected chi connectivity index (χ3v) is 2.68. The van der Waals surface area contributed by atoms with Crippen molar-refractivity contribution < 1.29 is 14.7 Å². The van der Waals surface area contributed by atoms with E-state index in [4.69, 9.17) is 11.5 Å². The van der Waals surface area contributed by atoms with Crippen molar-refractivity contribution in [3.05, 3.63) is 0 Å². The Morgan fingerprint density at radius 2 is 1.94 bits per heavy atom. The predicted molar refractivity (Wildman–Crippen MR) is 69.0 cm³/mol. The van der Waals surface area contributed by atoms with Crippen molar-refractivity contribution in [2.45, 2.75) is 19.3 Å². The van der Waals surface area contributed by atoms with Crippen molar-refractivity contribution in [2.24, 2.45) is 0 Å². The minimum atomic E-state index is -0.806. The van der Waals surface area contributed by atoms with Gasteiger partial charge in [0, 0.05) is 25.3 Å². The van der Waals surface area contributed by atoms with Crippen LogP contribution >= 0.6 is 11.8 Å². The second kappa shape index (κ2) is 11.1. The Morgan fingerprint density at radius 1 is 1.24 bits per heavy atom. The largest absolute Gasteiger partial charge is 0.481 e. The van der Waals surface area contributed by atoms with Crippen molar-refractivity contribution in [2.75, 3.05) is 24.6 Å². The van der Waals surface area contributed by atoms with Gasteiger partial charge in [0.25, 0.3) is 0 Å². The zero-order chi connectivity index (χ0) is 12.9. The molecule has 0 heterocycles. The highest BCUT2D eigenvalue weighted by atomic mass is 32.2. The summed E-state index contributed by atoms with van der Waals surface area (Å²) in [6.07, 6.45) is 6.47. The van der Waals surface area contributed by atoms with Crippen molar-refractivity contribution in [1.29, 1.82) is 0 Å². The van der Waals surface area contributed by atoms with E-state index in [0.717, 1.165) is 5.75 Å². The lowest BCUT2D eigenvalue weighted by Crippen LogP contribution is -2.37. The standard InChI is InChI=1S/C11H18N2O3S/c1-2-8-17-9-7-13-11(16)12-6-4-3-5-10(14)15/h1H,3-9H2,(H,14,15)(H2,12,13,16). The number of carboxylic acids is 1. The molecule has 0 spiro atoms. The fraction of sp³-hybridized carbons (Fsp3) is 0.636. The lowest BCUT2D eigenvalue weighted by molar-refractivity contribution is -0.137. The van der Waals surface area contributed by atoms with Gasteiger partial charge in [0.05, 0.1) is 5.75 Å². The first-order chi connectivity index (χ1) is 8.16. The molecule has 0 fully saturated rings. The van der Waals surface area contributed by atoms with E-state index in [1.165, 1.54) is 0 Å². The van der Waals surface area contributed by atoms with Crippen LogP contribution in [0.4, 0.5) is 4.79 Å². The maximum atomic E-state index is 11.2. The molecule has 96 valence electrons. The Kier molecular flexibility index (Phi) is 10.3. The first-order valence-electron chi connectivity index (χ1n) is 5.41. The molecule has 0 aromatic heterocycles. The van der Waals surface area contributed by atoms with E-state index in [-0.39, 0.29) is 12.5 Å². The molecule has 17 heavy (non-hydrogen) atoms. The number of thioether (sulfide) groups is 1. The molecule has 0 aromatic rings. The van der Waals surface area contributed by atoms with Gasteiger partial charge in [-0.15, -0.1) is 18.2 Å². The quantitative estimate of drug-likeness (QED) is 0.424. The topological polar surface area (TPSA) is 78.4 Å². The van der Waals surface area contributed by atoms with Gasteiger partial charge in [-0.2, -0.15) is 0 Å². The Bertz CT molecular complexity index is 276. The molecule has 0 aliphatic heterocycles. The van der Waals surface area contributed by atoms with Gasteiger partial charge in [0.15, 0.2) is 0 Å². The monoisotopic (exact) mass is 258 g/mol. The highest BCUT2D eigenvalue weighted by Gasteiger charge is 1.99. The fourth-order valence-electron chi connectivity index (χ4n) is 1.03. The van der Waals surface area contributed by atoms with Crippen LogP contribution in [0.5, 0.6) is 0 Å². The molecular weight excluding hydrogens is 240 g/mol. The molecule has 0 aliphatic carbocycles. The summed E-state index contributed by atoms with van der Waals surface area (Å²) in [4.78, 5) is 21.4. The Hall–Kier alpha value is -1.35. The smallest absolute Gasteiger partial charge is 0.314 e. The molecule has 5 nitrogen and oxygen atoms in total. The van der Waals surface area contributed by atoms with Gasteiger partial charge in [0.1, 0.15) is 0 Å². The van der Waals surface area contributed by atoms with Gasteiger partial charge in [0.2, 0.25) is 0 Å². The number of rotatable bonds is 9. The van der Waals surface area contributed by atoms with E-state index < -0.39 is 5.97 Å². The number of nitrogens with one attached hydrogen (secondary N) is 2. The van der Waals surface area contributed by atoms with Crippen molar-refractivity contribution in [3.8, 4) is 12.3 Å². The zero-order valence-corrected chi connectivity index (χ0v) is 10.5. The van der Waals surface area contributed by atoms with Crippen LogP contribution in [0.25, 0.3) is 0 Å². The third-order valence-electron chi connectivity index (χ3n) is 1.82. The molecule has 0 rings (SSSR count). The molecule has 6 heteroatoms. The van der Waals surface area contributed by atoms with Gasteiger partial charge in [-0.05, 0) is 12.8 Å². The Balaban J connectivity index is 3.24. The second-order valence-electron chi connectivity index (χ2n) is 3.29. The SMILES string of the molecule is C#CCSCCNC(=O)NCCCCC(=O)O. The van der Waals surface area contributed by atoms with Gasteiger partial charge < -0.3 is 15.7 Å². The summed E-state index contributed by atoms with van der Waals surface area (Å²) in [5.74, 6) is 3.13. The number of terminal acetylenes is 1. The lowest BCUT2D eigenvalue weighted by atomic mass is 10.2. The van der Waals surface area contributed by atoms with E-state index >= 15 is 0 Å². The zero-order valence-electron chi connectivity index (χ0n) is 9.70. The van der Waals surface area contributed by atoms with Crippen LogP contribution < -0.4 is 10.6 Å². The molecule has 0 unspecified atom stereocenters. The number of carboxylic acid groups (broad SMARTS) is 1. The van der Waals surface area contributed by atoms with E-state index in [2.05, 4.69) is 16.6 Å². The molecule has 3 N–H and O–H groups in total. The number of amides is 2. The molecule has 0 aromatic carbocycles. The van der Waals surface area contributed by atoms with E-state index in [9.17, 15) is 9.59 Å². The number of aliphatic carboxylic acids is 1. The summed E-state index contributed by atoms with van der Waals surface area (Å²) in [6.45, 7) is 1.07. The minimum absolute atomic E-state index is 0.145. The summed E-state index contributed by atoms with van der Waals surface area (Å²) < 4.78 is 0. The maximum absolute atomic E-state index is 11.2. The molecule has 0 saturated heterocycles. The first-order valence-corrected chi connectivity index (χ1v) is 6.57. The molecule has 0 radical (unpaired) electrons. The minimum Gasteiger partial charge on any atom is -0.481 e. The summed E-state index contributed by atoms with van der Waals surface area (Å²) in [6, 6.07) is -0.221. The van der Waals surface area contributed by atoms with Crippen LogP contribution in [-0.2, 0) is 4.79 Å². The van der Waals surface area contributed by atoms with E-state index in [1.54, 1.807) is 11.8 Å². The molecule has 2 amide bonds. The summed E-state index contributed by atoms with van der Waals surface area (Å²) in [7, 11) is 0. The maximum Gasteiger partial charge on any atom is 0.314 e. The third kappa shape index (κ3) is 12.6. The number of hydrogen-bond donors (Lipinski definition) is 3. The summed E-state index contributed by atoms with van der Waals surface area (Å²) in [5.41, 5.74) is 0. The lowest BCUT2D eigenvalue weighted by Gasteiger charge is -2.06. The van der Waals surface area contributed by atoms with Gasteiger partial charge in [-0.3, -0.25) is 4.79 Å². The average molecular weight is 258 g/mol. The molecule has 0 aliphatic rings. The highest BCUT2D eigenvalue weighted by molar-refractivity contribution is 7.99. The van der Waals surface area contributed by atoms with Crippen LogP contribution in [0.15, 0.2) is 0 Å².